The molecule has 6 nitrogen and oxygen atoms in total. The second-order valence-electron chi connectivity index (χ2n) is 7.87. The highest BCUT2D eigenvalue weighted by Crippen LogP contribution is 2.31. The zero-order valence-electron chi connectivity index (χ0n) is 17.4. The van der Waals surface area contributed by atoms with E-state index in [2.05, 4.69) is 16.7 Å². The van der Waals surface area contributed by atoms with Crippen LogP contribution in [0.4, 0.5) is 0 Å². The van der Waals surface area contributed by atoms with Crippen LogP contribution in [0.1, 0.15) is 18.9 Å². The number of sulfone groups is 1. The number of carbonyl (C=O) groups excluding carboxylic acids is 1. The molecule has 164 valence electrons. The maximum Gasteiger partial charge on any atom is 0.235 e. The van der Waals surface area contributed by atoms with Crippen molar-refractivity contribution >= 4 is 50.1 Å². The molecule has 3 aromatic rings. The summed E-state index contributed by atoms with van der Waals surface area (Å²) in [7, 11) is -1.36. The van der Waals surface area contributed by atoms with E-state index >= 15 is 0 Å². The van der Waals surface area contributed by atoms with Gasteiger partial charge < -0.3 is 9.47 Å². The fourth-order valence-electron chi connectivity index (χ4n) is 3.85. The first-order chi connectivity index (χ1) is 14.7. The molecule has 0 bridgehead atoms. The summed E-state index contributed by atoms with van der Waals surface area (Å²) < 4.78 is 25.7. The topological polar surface area (TPSA) is 72.3 Å². The van der Waals surface area contributed by atoms with E-state index in [1.807, 2.05) is 43.3 Å². The molecule has 1 aliphatic heterocycles. The molecule has 1 saturated heterocycles. The van der Waals surface area contributed by atoms with Gasteiger partial charge in [0.2, 0.25) is 5.91 Å². The number of carbonyl (C=O) groups is 1. The number of hydrogen-bond acceptors (Lipinski definition) is 5. The number of amides is 1. The first-order valence-corrected chi connectivity index (χ1v) is 13.1. The largest absolute Gasteiger partial charge is 0.341 e. The lowest BCUT2D eigenvalue weighted by atomic mass is 10.2. The molecule has 0 spiro atoms. The lowest BCUT2D eigenvalue weighted by molar-refractivity contribution is -0.130. The minimum Gasteiger partial charge on any atom is -0.341 e. The van der Waals surface area contributed by atoms with Gasteiger partial charge in [0.15, 0.2) is 15.0 Å². The fourth-order valence-corrected chi connectivity index (χ4v) is 6.81. The highest BCUT2D eigenvalue weighted by molar-refractivity contribution is 8.00. The van der Waals surface area contributed by atoms with Gasteiger partial charge in [0.05, 0.1) is 34.3 Å². The van der Waals surface area contributed by atoms with Crippen molar-refractivity contribution in [2.45, 2.75) is 36.3 Å². The zero-order chi connectivity index (χ0) is 22.2. The minimum absolute atomic E-state index is 0.0393. The van der Waals surface area contributed by atoms with Crippen molar-refractivity contribution in [1.29, 1.82) is 0 Å². The van der Waals surface area contributed by atoms with Gasteiger partial charge in [-0.25, -0.2) is 13.4 Å². The van der Waals surface area contributed by atoms with Crippen LogP contribution in [0.2, 0.25) is 5.02 Å². The number of halogens is 1. The molecule has 4 rings (SSSR count). The van der Waals surface area contributed by atoms with Crippen LogP contribution in [0, 0.1) is 0 Å². The Morgan fingerprint density at radius 1 is 1.29 bits per heavy atom. The lowest BCUT2D eigenvalue weighted by Crippen LogP contribution is -2.41. The Labute approximate surface area is 191 Å². The van der Waals surface area contributed by atoms with E-state index in [-0.39, 0.29) is 23.5 Å². The van der Waals surface area contributed by atoms with Crippen LogP contribution in [0.3, 0.4) is 0 Å². The zero-order valence-corrected chi connectivity index (χ0v) is 19.8. The third-order valence-corrected chi connectivity index (χ3v) is 8.66. The average Bonchev–Trinajstić information content (AvgIpc) is 3.26. The van der Waals surface area contributed by atoms with Gasteiger partial charge in [0, 0.05) is 18.1 Å². The second-order valence-corrected chi connectivity index (χ2v) is 11.8. The summed E-state index contributed by atoms with van der Waals surface area (Å²) in [6, 6.07) is 15.4. The van der Waals surface area contributed by atoms with Gasteiger partial charge in [-0.2, -0.15) is 0 Å². The van der Waals surface area contributed by atoms with Crippen LogP contribution in [0.25, 0.3) is 11.0 Å². The molecule has 1 fully saturated rings. The molecule has 0 radical (unpaired) electrons. The summed E-state index contributed by atoms with van der Waals surface area (Å²) in [5.74, 6) is 0.0886. The Balaban J connectivity index is 1.59. The number of hydrogen-bond donors (Lipinski definition) is 0. The first-order valence-electron chi connectivity index (χ1n) is 10.1. The van der Waals surface area contributed by atoms with Gasteiger partial charge in [-0.1, -0.05) is 53.7 Å². The minimum atomic E-state index is -3.05. The molecule has 2 atom stereocenters. The molecular weight excluding hydrogens is 454 g/mol. The summed E-state index contributed by atoms with van der Waals surface area (Å²) in [5, 5.41) is 0.934. The standard InChI is InChI=1S/C22H24ClN3O3S2/c1-15(21(27)25(2)18-10-11-31(28,29)14-18)30-22-24-19-12-17(23)8-9-20(19)26(22)13-16-6-4-3-5-7-16/h3-9,12,15,18H,10-11,13-14H2,1-2H3. The molecule has 0 saturated carbocycles. The van der Waals surface area contributed by atoms with E-state index in [4.69, 9.17) is 16.6 Å². The Bertz CT molecular complexity index is 1210. The van der Waals surface area contributed by atoms with Gasteiger partial charge in [-0.05, 0) is 37.1 Å². The third kappa shape index (κ3) is 4.91. The number of benzene rings is 2. The second kappa shape index (κ2) is 8.84. The number of fused-ring (bicyclic) bond motifs is 1. The number of imidazole rings is 1. The van der Waals surface area contributed by atoms with Crippen molar-refractivity contribution in [3.63, 3.8) is 0 Å². The third-order valence-electron chi connectivity index (χ3n) is 5.59. The Morgan fingerprint density at radius 2 is 2.03 bits per heavy atom. The number of rotatable bonds is 6. The molecule has 2 unspecified atom stereocenters. The fraction of sp³-hybridized carbons (Fsp3) is 0.364. The predicted molar refractivity (Wildman–Crippen MR) is 125 cm³/mol. The first kappa shape index (κ1) is 22.2. The normalized spacial score (nSPS) is 18.9. The summed E-state index contributed by atoms with van der Waals surface area (Å²) in [6.45, 7) is 2.46. The highest BCUT2D eigenvalue weighted by Gasteiger charge is 2.34. The maximum atomic E-state index is 13.0. The molecule has 1 amide bonds. The summed E-state index contributed by atoms with van der Waals surface area (Å²) >= 11 is 7.55. The number of thioether (sulfide) groups is 1. The smallest absolute Gasteiger partial charge is 0.235 e. The molecular formula is C22H24ClN3O3S2. The van der Waals surface area contributed by atoms with Crippen molar-refractivity contribution in [3.05, 3.63) is 59.1 Å². The van der Waals surface area contributed by atoms with E-state index in [1.54, 1.807) is 11.9 Å². The SMILES string of the molecule is CC(Sc1nc2cc(Cl)ccc2n1Cc1ccccc1)C(=O)N(C)C1CCS(=O)(=O)C1. The molecule has 0 aliphatic carbocycles. The quantitative estimate of drug-likeness (QED) is 0.504. The van der Waals surface area contributed by atoms with Crippen molar-refractivity contribution in [2.75, 3.05) is 18.6 Å². The highest BCUT2D eigenvalue weighted by atomic mass is 35.5. The van der Waals surface area contributed by atoms with Crippen LogP contribution < -0.4 is 0 Å². The van der Waals surface area contributed by atoms with Crippen molar-refractivity contribution in [3.8, 4) is 0 Å². The van der Waals surface area contributed by atoms with Gasteiger partial charge in [-0.3, -0.25) is 4.79 Å². The molecule has 31 heavy (non-hydrogen) atoms. The molecule has 1 aliphatic rings. The van der Waals surface area contributed by atoms with Crippen LogP contribution in [0.5, 0.6) is 0 Å². The van der Waals surface area contributed by atoms with E-state index in [0.29, 0.717) is 18.0 Å². The summed E-state index contributed by atoms with van der Waals surface area (Å²) in [4.78, 5) is 19.4. The molecule has 2 aromatic carbocycles. The molecule has 2 heterocycles. The van der Waals surface area contributed by atoms with E-state index < -0.39 is 15.1 Å². The van der Waals surface area contributed by atoms with E-state index in [1.165, 1.54) is 11.8 Å². The van der Waals surface area contributed by atoms with Crippen LogP contribution in [-0.2, 0) is 21.2 Å². The Kier molecular flexibility index (Phi) is 6.32. The van der Waals surface area contributed by atoms with Gasteiger partial charge >= 0.3 is 0 Å². The van der Waals surface area contributed by atoms with Crippen LogP contribution >= 0.6 is 23.4 Å². The van der Waals surface area contributed by atoms with Crippen LogP contribution in [0.15, 0.2) is 53.7 Å². The molecule has 0 N–H and O–H groups in total. The van der Waals surface area contributed by atoms with Gasteiger partial charge in [-0.15, -0.1) is 0 Å². The molecule has 9 heteroatoms. The lowest BCUT2D eigenvalue weighted by Gasteiger charge is -2.26. The van der Waals surface area contributed by atoms with Gasteiger partial charge in [0.25, 0.3) is 0 Å². The van der Waals surface area contributed by atoms with Crippen molar-refractivity contribution in [2.24, 2.45) is 0 Å². The predicted octanol–water partition coefficient (Wildman–Crippen LogP) is 3.86. The number of nitrogens with zero attached hydrogens (tertiary/aromatic N) is 3. The van der Waals surface area contributed by atoms with E-state index in [0.717, 1.165) is 21.8 Å². The van der Waals surface area contributed by atoms with Crippen molar-refractivity contribution < 1.29 is 13.2 Å². The van der Waals surface area contributed by atoms with Crippen LogP contribution in [-0.4, -0.2) is 58.6 Å². The van der Waals surface area contributed by atoms with E-state index in [9.17, 15) is 13.2 Å². The van der Waals surface area contributed by atoms with Gasteiger partial charge in [0.1, 0.15) is 0 Å². The summed E-state index contributed by atoms with van der Waals surface area (Å²) in [5.41, 5.74) is 2.86. The monoisotopic (exact) mass is 477 g/mol. The summed E-state index contributed by atoms with van der Waals surface area (Å²) in [6.07, 6.45) is 0.493. The Hall–Kier alpha value is -2.03. The Morgan fingerprint density at radius 3 is 2.71 bits per heavy atom. The van der Waals surface area contributed by atoms with Crippen molar-refractivity contribution in [1.82, 2.24) is 14.5 Å². The molecule has 1 aromatic heterocycles. The maximum absolute atomic E-state index is 13.0. The number of aromatic nitrogens is 2. The average molecular weight is 478 g/mol.